The van der Waals surface area contributed by atoms with Gasteiger partial charge in [-0.1, -0.05) is 41.4 Å². The molecule has 0 aliphatic rings. The molecule has 0 saturated heterocycles. The van der Waals surface area contributed by atoms with Crippen molar-refractivity contribution >= 4 is 39.2 Å². The molecule has 0 fully saturated rings. The summed E-state index contributed by atoms with van der Waals surface area (Å²) in [6.07, 6.45) is 0. The molecule has 0 unspecified atom stereocenters. The largest absolute Gasteiger partial charge is 0.493 e. The first kappa shape index (κ1) is 22.0. The lowest BCUT2D eigenvalue weighted by atomic mass is 10.1. The highest BCUT2D eigenvalue weighted by Gasteiger charge is 2.13. The summed E-state index contributed by atoms with van der Waals surface area (Å²) in [7, 11) is 1.60. The van der Waals surface area contributed by atoms with Crippen molar-refractivity contribution in [2.75, 3.05) is 12.4 Å². The Balaban J connectivity index is 1.71. The predicted molar refractivity (Wildman–Crippen MR) is 122 cm³/mol. The Kier molecular flexibility index (Phi) is 7.24. The zero-order chi connectivity index (χ0) is 21.7. The number of carboxylic acid groups (broad SMARTS) is 1. The molecule has 0 aromatic heterocycles. The van der Waals surface area contributed by atoms with Crippen LogP contribution in [-0.2, 0) is 13.2 Å². The summed E-state index contributed by atoms with van der Waals surface area (Å²) in [5.74, 6) is 0.199. The van der Waals surface area contributed by atoms with Crippen molar-refractivity contribution < 1.29 is 19.4 Å². The molecule has 0 bridgehead atoms. The summed E-state index contributed by atoms with van der Waals surface area (Å²) in [5, 5.41) is 12.5. The number of aryl methyl sites for hydroxylation is 1. The molecule has 0 radical (unpaired) electrons. The maximum Gasteiger partial charge on any atom is 0.337 e. The van der Waals surface area contributed by atoms with E-state index in [-0.39, 0.29) is 10.6 Å². The third-order valence-electron chi connectivity index (χ3n) is 4.49. The van der Waals surface area contributed by atoms with Gasteiger partial charge < -0.3 is 19.9 Å². The van der Waals surface area contributed by atoms with Gasteiger partial charge in [0.25, 0.3) is 0 Å². The van der Waals surface area contributed by atoms with Gasteiger partial charge in [-0.2, -0.15) is 0 Å². The van der Waals surface area contributed by atoms with Crippen LogP contribution in [0.15, 0.2) is 59.1 Å². The van der Waals surface area contributed by atoms with Crippen molar-refractivity contribution in [2.45, 2.75) is 20.1 Å². The molecular formula is C23H21BrClNO4. The van der Waals surface area contributed by atoms with Crippen LogP contribution in [0.4, 0.5) is 5.69 Å². The van der Waals surface area contributed by atoms with E-state index in [4.69, 9.17) is 26.2 Å². The molecule has 3 aromatic rings. The van der Waals surface area contributed by atoms with Gasteiger partial charge in [-0.05, 0) is 64.3 Å². The van der Waals surface area contributed by atoms with Gasteiger partial charge in [0.2, 0.25) is 0 Å². The fourth-order valence-corrected chi connectivity index (χ4v) is 3.72. The first-order valence-corrected chi connectivity index (χ1v) is 10.4. The molecule has 3 aromatic carbocycles. The maximum atomic E-state index is 11.1. The van der Waals surface area contributed by atoms with Gasteiger partial charge in [-0.3, -0.25) is 0 Å². The molecule has 2 N–H and O–H groups in total. The molecule has 156 valence electrons. The van der Waals surface area contributed by atoms with E-state index in [1.54, 1.807) is 19.2 Å². The number of rotatable bonds is 8. The summed E-state index contributed by atoms with van der Waals surface area (Å²) in [6, 6.07) is 16.8. The van der Waals surface area contributed by atoms with E-state index in [1.807, 2.05) is 31.2 Å². The molecule has 3 rings (SSSR count). The van der Waals surface area contributed by atoms with Gasteiger partial charge in [0, 0.05) is 12.2 Å². The Morgan fingerprint density at radius 1 is 1.10 bits per heavy atom. The number of carbonyl (C=O) groups is 1. The number of aromatic carboxylic acids is 1. The zero-order valence-electron chi connectivity index (χ0n) is 16.5. The lowest BCUT2D eigenvalue weighted by Gasteiger charge is -2.15. The van der Waals surface area contributed by atoms with Crippen LogP contribution in [-0.4, -0.2) is 18.2 Å². The van der Waals surface area contributed by atoms with Crippen LogP contribution in [0.3, 0.4) is 0 Å². The summed E-state index contributed by atoms with van der Waals surface area (Å²) < 4.78 is 12.3. The van der Waals surface area contributed by atoms with Gasteiger partial charge in [0.15, 0.2) is 11.5 Å². The van der Waals surface area contributed by atoms with Crippen LogP contribution in [0, 0.1) is 6.92 Å². The lowest BCUT2D eigenvalue weighted by molar-refractivity contribution is 0.0697. The number of anilines is 1. The van der Waals surface area contributed by atoms with E-state index in [2.05, 4.69) is 33.4 Å². The first-order chi connectivity index (χ1) is 14.4. The van der Waals surface area contributed by atoms with Crippen LogP contribution >= 0.6 is 27.5 Å². The van der Waals surface area contributed by atoms with E-state index < -0.39 is 5.97 Å². The first-order valence-electron chi connectivity index (χ1n) is 9.19. The normalized spacial score (nSPS) is 10.5. The average molecular weight is 491 g/mol. The zero-order valence-corrected chi connectivity index (χ0v) is 18.9. The highest BCUT2D eigenvalue weighted by molar-refractivity contribution is 9.10. The Labute approximate surface area is 188 Å². The molecule has 30 heavy (non-hydrogen) atoms. The van der Waals surface area contributed by atoms with Crippen molar-refractivity contribution in [3.63, 3.8) is 0 Å². The number of halogens is 2. The fourth-order valence-electron chi connectivity index (χ4n) is 2.86. The number of carboxylic acids is 1. The maximum absolute atomic E-state index is 11.1. The number of benzene rings is 3. The van der Waals surface area contributed by atoms with Crippen LogP contribution in [0.5, 0.6) is 11.5 Å². The Bertz CT molecular complexity index is 1050. The predicted octanol–water partition coefficient (Wildman–Crippen LogP) is 6.31. The summed E-state index contributed by atoms with van der Waals surface area (Å²) in [4.78, 5) is 11.1. The van der Waals surface area contributed by atoms with Crippen molar-refractivity contribution in [1.82, 2.24) is 0 Å². The number of hydrogen-bond donors (Lipinski definition) is 2. The standard InChI is InChI=1S/C23H21BrClNO4/c1-14-3-5-15(6-4-14)13-30-22-19(24)9-16(10-21(22)29-2)12-26-17-7-8-18(23(27)28)20(25)11-17/h3-11,26H,12-13H2,1-2H3,(H,27,28). The Hall–Kier alpha value is -2.70. The van der Waals surface area contributed by atoms with Crippen molar-refractivity contribution in [2.24, 2.45) is 0 Å². The van der Waals surface area contributed by atoms with Crippen LogP contribution in [0.2, 0.25) is 5.02 Å². The topological polar surface area (TPSA) is 67.8 Å². The lowest BCUT2D eigenvalue weighted by Crippen LogP contribution is -2.04. The SMILES string of the molecule is COc1cc(CNc2ccc(C(=O)O)c(Cl)c2)cc(Br)c1OCc1ccc(C)cc1. The minimum Gasteiger partial charge on any atom is -0.493 e. The number of methoxy groups -OCH3 is 1. The van der Waals surface area contributed by atoms with Crippen molar-refractivity contribution in [3.05, 3.63) is 86.3 Å². The van der Waals surface area contributed by atoms with E-state index in [1.165, 1.54) is 11.6 Å². The fraction of sp³-hybridized carbons (Fsp3) is 0.174. The summed E-state index contributed by atoms with van der Waals surface area (Å²) >= 11 is 9.60. The van der Waals surface area contributed by atoms with E-state index in [0.29, 0.717) is 24.7 Å². The van der Waals surface area contributed by atoms with Gasteiger partial charge in [0.05, 0.1) is 22.2 Å². The Morgan fingerprint density at radius 2 is 1.83 bits per heavy atom. The van der Waals surface area contributed by atoms with Gasteiger partial charge >= 0.3 is 5.97 Å². The molecule has 7 heteroatoms. The molecule has 0 spiro atoms. The van der Waals surface area contributed by atoms with E-state index in [0.717, 1.165) is 21.3 Å². The summed E-state index contributed by atoms with van der Waals surface area (Å²) in [5.41, 5.74) is 4.02. The molecule has 0 amide bonds. The number of ether oxygens (including phenoxy) is 2. The highest BCUT2D eigenvalue weighted by Crippen LogP contribution is 2.37. The smallest absolute Gasteiger partial charge is 0.337 e. The van der Waals surface area contributed by atoms with E-state index in [9.17, 15) is 4.79 Å². The second-order valence-electron chi connectivity index (χ2n) is 6.74. The second kappa shape index (κ2) is 9.87. The minimum absolute atomic E-state index is 0.0710. The van der Waals surface area contributed by atoms with Crippen LogP contribution in [0.25, 0.3) is 0 Å². The average Bonchev–Trinajstić information content (AvgIpc) is 2.72. The Morgan fingerprint density at radius 3 is 2.47 bits per heavy atom. The molecular weight excluding hydrogens is 470 g/mol. The third-order valence-corrected chi connectivity index (χ3v) is 5.39. The third kappa shape index (κ3) is 5.46. The van der Waals surface area contributed by atoms with Crippen LogP contribution < -0.4 is 14.8 Å². The minimum atomic E-state index is -1.05. The van der Waals surface area contributed by atoms with E-state index >= 15 is 0 Å². The van der Waals surface area contributed by atoms with Crippen molar-refractivity contribution in [1.29, 1.82) is 0 Å². The molecule has 0 aliphatic heterocycles. The monoisotopic (exact) mass is 489 g/mol. The molecule has 0 aliphatic carbocycles. The van der Waals surface area contributed by atoms with Gasteiger partial charge in [0.1, 0.15) is 6.61 Å². The second-order valence-corrected chi connectivity index (χ2v) is 8.00. The molecule has 5 nitrogen and oxygen atoms in total. The summed E-state index contributed by atoms with van der Waals surface area (Å²) in [6.45, 7) is 2.97. The van der Waals surface area contributed by atoms with Crippen LogP contribution in [0.1, 0.15) is 27.0 Å². The van der Waals surface area contributed by atoms with Crippen molar-refractivity contribution in [3.8, 4) is 11.5 Å². The highest BCUT2D eigenvalue weighted by atomic mass is 79.9. The molecule has 0 atom stereocenters. The number of hydrogen-bond acceptors (Lipinski definition) is 4. The molecule has 0 saturated carbocycles. The van der Waals surface area contributed by atoms with Gasteiger partial charge in [-0.25, -0.2) is 4.79 Å². The van der Waals surface area contributed by atoms with Gasteiger partial charge in [-0.15, -0.1) is 0 Å². The quantitative estimate of drug-likeness (QED) is 0.387. The number of nitrogens with one attached hydrogen (secondary N) is 1. The molecule has 0 heterocycles.